The van der Waals surface area contributed by atoms with Crippen LogP contribution >= 0.6 is 11.3 Å². The molecule has 4 nitrogen and oxygen atoms in total. The highest BCUT2D eigenvalue weighted by atomic mass is 32.1. The van der Waals surface area contributed by atoms with Crippen molar-refractivity contribution in [1.29, 1.82) is 0 Å². The average molecular weight is 159 g/mol. The van der Waals surface area contributed by atoms with Gasteiger partial charge in [-0.3, -0.25) is 11.2 Å². The van der Waals surface area contributed by atoms with E-state index in [2.05, 4.69) is 10.6 Å². The first kappa shape index (κ1) is 7.14. The topological polar surface area (TPSA) is 54.0 Å². The molecule has 0 saturated carbocycles. The summed E-state index contributed by atoms with van der Waals surface area (Å²) in [7, 11) is 3.71. The van der Waals surface area contributed by atoms with Crippen molar-refractivity contribution in [2.24, 2.45) is 0 Å². The van der Waals surface area contributed by atoms with Gasteiger partial charge in [0.05, 0.1) is 7.05 Å². The Morgan fingerprint density at radius 2 is 2.20 bits per heavy atom. The molecule has 0 radical (unpaired) electrons. The first-order valence-electron chi connectivity index (χ1n) is 2.93. The lowest BCUT2D eigenvalue weighted by Crippen LogP contribution is -2.44. The lowest BCUT2D eigenvalue weighted by molar-refractivity contribution is -0.618. The van der Waals surface area contributed by atoms with Crippen molar-refractivity contribution in [1.82, 2.24) is 0 Å². The van der Waals surface area contributed by atoms with Crippen molar-refractivity contribution in [3.8, 4) is 0 Å². The van der Waals surface area contributed by atoms with E-state index in [0.717, 1.165) is 10.8 Å². The fourth-order valence-corrected chi connectivity index (χ4v) is 1.52. The number of anilines is 2. The van der Waals surface area contributed by atoms with E-state index in [1.165, 1.54) is 0 Å². The minimum absolute atomic E-state index is 0.910. The number of hydrogen-bond donors (Lipinski definition) is 3. The molecule has 0 bridgehead atoms. The Morgan fingerprint density at radius 3 is 2.60 bits per heavy atom. The molecule has 0 aliphatic rings. The predicted molar refractivity (Wildman–Crippen MR) is 43.8 cm³/mol. The second-order valence-electron chi connectivity index (χ2n) is 1.81. The smallest absolute Gasteiger partial charge is 0.332 e. The normalized spacial score (nSPS) is 9.40. The second kappa shape index (κ2) is 2.74. The molecular formula is C5H11N4S+. The molecule has 0 aromatic carbocycles. The zero-order valence-electron chi connectivity index (χ0n) is 6.01. The Kier molecular flexibility index (Phi) is 1.96. The molecule has 0 amide bonds. The molecule has 0 aliphatic carbocycles. The van der Waals surface area contributed by atoms with Crippen LogP contribution in [0.5, 0.6) is 0 Å². The van der Waals surface area contributed by atoms with Gasteiger partial charge in [-0.05, 0) is 0 Å². The van der Waals surface area contributed by atoms with Gasteiger partial charge in [-0.1, -0.05) is 11.3 Å². The van der Waals surface area contributed by atoms with Crippen molar-refractivity contribution in [2.75, 3.05) is 30.6 Å². The summed E-state index contributed by atoms with van der Waals surface area (Å²) in [5, 5.41) is 7.05. The molecule has 1 aromatic rings. The maximum absolute atomic E-state index is 5.55. The zero-order valence-corrected chi connectivity index (χ0v) is 6.83. The van der Waals surface area contributed by atoms with E-state index in [-0.39, 0.29) is 0 Å². The van der Waals surface area contributed by atoms with E-state index in [9.17, 15) is 0 Å². The van der Waals surface area contributed by atoms with Crippen LogP contribution in [0.2, 0.25) is 0 Å². The van der Waals surface area contributed by atoms with Gasteiger partial charge >= 0.3 is 5.82 Å². The van der Waals surface area contributed by atoms with E-state index < -0.39 is 0 Å². The summed E-state index contributed by atoms with van der Waals surface area (Å²) in [6, 6.07) is 0. The summed E-state index contributed by atoms with van der Waals surface area (Å²) >= 11 is 1.57. The molecule has 1 aromatic heterocycles. The van der Waals surface area contributed by atoms with Crippen LogP contribution in [-0.2, 0) is 0 Å². The van der Waals surface area contributed by atoms with Crippen LogP contribution < -0.4 is 21.2 Å². The number of rotatable bonds is 2. The third kappa shape index (κ3) is 0.995. The minimum Gasteiger partial charge on any atom is -0.373 e. The molecule has 56 valence electrons. The first-order chi connectivity index (χ1) is 4.79. The third-order valence-electron chi connectivity index (χ3n) is 1.22. The van der Waals surface area contributed by atoms with Gasteiger partial charge in [0, 0.05) is 7.05 Å². The highest BCUT2D eigenvalue weighted by molar-refractivity contribution is 7.14. The monoisotopic (exact) mass is 159 g/mol. The minimum atomic E-state index is 0.910. The standard InChI is InChI=1S/C5H11N4S/c1-7-4-5(8-2)10-3-9(4)6/h3,7-8H,6H2,1-2H3/q+1. The van der Waals surface area contributed by atoms with Gasteiger partial charge in [0.15, 0.2) is 10.5 Å². The summed E-state index contributed by atoms with van der Waals surface area (Å²) in [4.78, 5) is 0. The van der Waals surface area contributed by atoms with Crippen LogP contribution in [0.1, 0.15) is 0 Å². The van der Waals surface area contributed by atoms with Crippen LogP contribution in [0, 0.1) is 0 Å². The summed E-state index contributed by atoms with van der Waals surface area (Å²) in [6.07, 6.45) is 0. The van der Waals surface area contributed by atoms with Gasteiger partial charge in [0.2, 0.25) is 0 Å². The summed E-state index contributed by atoms with van der Waals surface area (Å²) < 4.78 is 1.55. The molecule has 4 N–H and O–H groups in total. The highest BCUT2D eigenvalue weighted by Gasteiger charge is 2.12. The largest absolute Gasteiger partial charge is 0.373 e. The number of hydrogen-bond acceptors (Lipinski definition) is 4. The Balaban J connectivity index is 3.01. The van der Waals surface area contributed by atoms with Crippen LogP contribution in [0.4, 0.5) is 10.8 Å². The quantitative estimate of drug-likeness (QED) is 0.415. The van der Waals surface area contributed by atoms with E-state index in [1.807, 2.05) is 19.6 Å². The summed E-state index contributed by atoms with van der Waals surface area (Å²) in [6.45, 7) is 0. The first-order valence-corrected chi connectivity index (χ1v) is 3.81. The van der Waals surface area contributed by atoms with Crippen LogP contribution in [0.25, 0.3) is 0 Å². The molecule has 0 aliphatic heterocycles. The van der Waals surface area contributed by atoms with Crippen LogP contribution in [-0.4, -0.2) is 14.1 Å². The van der Waals surface area contributed by atoms with Crippen molar-refractivity contribution >= 4 is 22.2 Å². The van der Waals surface area contributed by atoms with Gasteiger partial charge in [0.1, 0.15) is 0 Å². The van der Waals surface area contributed by atoms with Crippen molar-refractivity contribution in [3.05, 3.63) is 5.51 Å². The Hall–Kier alpha value is -0.970. The summed E-state index contributed by atoms with van der Waals surface area (Å²) in [5.41, 5.74) is 1.83. The number of nitrogens with one attached hydrogen (secondary N) is 2. The van der Waals surface area contributed by atoms with E-state index in [4.69, 9.17) is 5.84 Å². The Bertz CT molecular complexity index is 219. The highest BCUT2D eigenvalue weighted by Crippen LogP contribution is 2.20. The molecule has 0 spiro atoms. The molecule has 0 atom stereocenters. The van der Waals surface area contributed by atoms with Crippen molar-refractivity contribution in [3.63, 3.8) is 0 Å². The van der Waals surface area contributed by atoms with Crippen molar-refractivity contribution < 1.29 is 4.68 Å². The SMILES string of the molecule is CNc1sc[n+](N)c1NC. The lowest BCUT2D eigenvalue weighted by atomic mass is 10.7. The van der Waals surface area contributed by atoms with Gasteiger partial charge in [0.25, 0.3) is 0 Å². The molecule has 0 saturated heterocycles. The maximum atomic E-state index is 5.55. The van der Waals surface area contributed by atoms with Crippen LogP contribution in [0.3, 0.4) is 0 Å². The van der Waals surface area contributed by atoms with Gasteiger partial charge in [-0.25, -0.2) is 0 Å². The molecule has 1 rings (SSSR count). The number of nitrogens with zero attached hydrogens (tertiary/aromatic N) is 1. The molecule has 0 unspecified atom stereocenters. The lowest BCUT2D eigenvalue weighted by Gasteiger charge is -1.93. The molecule has 0 fully saturated rings. The molecular weight excluding hydrogens is 148 g/mol. The summed E-state index contributed by atoms with van der Waals surface area (Å²) in [5.74, 6) is 6.46. The average Bonchev–Trinajstić information content (AvgIpc) is 2.30. The van der Waals surface area contributed by atoms with E-state index in [1.54, 1.807) is 16.0 Å². The fraction of sp³-hybridized carbons (Fsp3) is 0.400. The van der Waals surface area contributed by atoms with Gasteiger partial charge in [-0.2, -0.15) is 0 Å². The molecule has 1 heterocycles. The number of thiazole rings is 1. The number of nitrogens with two attached hydrogens (primary N) is 1. The van der Waals surface area contributed by atoms with Gasteiger partial charge < -0.3 is 5.32 Å². The molecule has 5 heteroatoms. The van der Waals surface area contributed by atoms with Crippen molar-refractivity contribution in [2.45, 2.75) is 0 Å². The van der Waals surface area contributed by atoms with Crippen LogP contribution in [0.15, 0.2) is 5.51 Å². The van der Waals surface area contributed by atoms with E-state index >= 15 is 0 Å². The van der Waals surface area contributed by atoms with Gasteiger partial charge in [-0.15, -0.1) is 4.68 Å². The second-order valence-corrected chi connectivity index (χ2v) is 2.66. The predicted octanol–water partition coefficient (Wildman–Crippen LogP) is -0.167. The Morgan fingerprint density at radius 1 is 1.50 bits per heavy atom. The number of nitrogen functional groups attached to an aromatic ring is 1. The fourth-order valence-electron chi connectivity index (χ4n) is 0.755. The molecule has 10 heavy (non-hydrogen) atoms. The zero-order chi connectivity index (χ0) is 7.56. The third-order valence-corrected chi connectivity index (χ3v) is 2.19. The number of aromatic nitrogens is 1. The van der Waals surface area contributed by atoms with E-state index in [0.29, 0.717) is 0 Å². The maximum Gasteiger partial charge on any atom is 0.332 e. The Labute approximate surface area is 63.6 Å².